The number of nitrogen functional groups attached to an aromatic ring is 1. The third kappa shape index (κ3) is 1.25. The van der Waals surface area contributed by atoms with E-state index in [9.17, 15) is 4.39 Å². The summed E-state index contributed by atoms with van der Waals surface area (Å²) in [5.74, 6) is 0.326. The van der Waals surface area contributed by atoms with Crippen LogP contribution in [-0.4, -0.2) is 11.8 Å². The molecule has 1 aromatic heterocycles. The number of anilines is 1. The molecule has 16 heavy (non-hydrogen) atoms. The maximum atomic E-state index is 13.7. The molecule has 0 radical (unpaired) electrons. The Morgan fingerprint density at radius 2 is 2.25 bits per heavy atom. The highest BCUT2D eigenvalue weighted by molar-refractivity contribution is 5.71. The van der Waals surface area contributed by atoms with Crippen molar-refractivity contribution in [1.82, 2.24) is 5.16 Å². The lowest BCUT2D eigenvalue weighted by atomic mass is 10.1. The Morgan fingerprint density at radius 1 is 1.38 bits per heavy atom. The Hall–Kier alpha value is -2.04. The SMILES string of the molecule is Nc1cc(-c2c(F)ccc3c2OCC3)no1. The molecule has 0 saturated carbocycles. The average molecular weight is 220 g/mol. The highest BCUT2D eigenvalue weighted by Crippen LogP contribution is 2.38. The predicted molar refractivity (Wildman–Crippen MR) is 55.5 cm³/mol. The van der Waals surface area contributed by atoms with E-state index in [0.29, 0.717) is 23.6 Å². The molecule has 82 valence electrons. The van der Waals surface area contributed by atoms with Crippen molar-refractivity contribution in [2.45, 2.75) is 6.42 Å². The number of ether oxygens (including phenoxy) is 1. The molecule has 1 aliphatic rings. The zero-order valence-electron chi connectivity index (χ0n) is 8.37. The van der Waals surface area contributed by atoms with E-state index < -0.39 is 0 Å². The van der Waals surface area contributed by atoms with E-state index in [1.54, 1.807) is 6.07 Å². The second-order valence-corrected chi connectivity index (χ2v) is 3.62. The number of fused-ring (bicyclic) bond motifs is 1. The first-order valence-electron chi connectivity index (χ1n) is 4.92. The molecule has 5 heteroatoms. The normalized spacial score (nSPS) is 13.6. The fourth-order valence-electron chi connectivity index (χ4n) is 1.87. The van der Waals surface area contributed by atoms with Gasteiger partial charge >= 0.3 is 0 Å². The Balaban J connectivity index is 2.23. The summed E-state index contributed by atoms with van der Waals surface area (Å²) in [4.78, 5) is 0. The van der Waals surface area contributed by atoms with Gasteiger partial charge in [0, 0.05) is 12.5 Å². The van der Waals surface area contributed by atoms with Crippen LogP contribution in [0.25, 0.3) is 11.3 Å². The third-order valence-electron chi connectivity index (χ3n) is 2.59. The van der Waals surface area contributed by atoms with E-state index in [4.69, 9.17) is 15.0 Å². The molecule has 2 heterocycles. The van der Waals surface area contributed by atoms with Gasteiger partial charge < -0.3 is 15.0 Å². The topological polar surface area (TPSA) is 61.3 Å². The van der Waals surface area contributed by atoms with E-state index in [0.717, 1.165) is 12.0 Å². The van der Waals surface area contributed by atoms with Gasteiger partial charge in [0.05, 0.1) is 12.2 Å². The molecule has 0 amide bonds. The standard InChI is InChI=1S/C11H9FN2O2/c12-7-2-1-6-3-4-15-11(6)10(7)8-5-9(13)16-14-8/h1-2,5H,3-4,13H2. The molecule has 3 rings (SSSR count). The quantitative estimate of drug-likeness (QED) is 0.798. The summed E-state index contributed by atoms with van der Waals surface area (Å²) < 4.78 is 23.9. The first-order chi connectivity index (χ1) is 7.75. The minimum Gasteiger partial charge on any atom is -0.492 e. The number of nitrogens with zero attached hydrogens (tertiary/aromatic N) is 1. The van der Waals surface area contributed by atoms with Crippen molar-refractivity contribution in [3.05, 3.63) is 29.6 Å². The first kappa shape index (κ1) is 9.21. The van der Waals surface area contributed by atoms with Gasteiger partial charge in [0.2, 0.25) is 5.88 Å². The summed E-state index contributed by atoms with van der Waals surface area (Å²) in [5, 5.41) is 3.70. The summed E-state index contributed by atoms with van der Waals surface area (Å²) in [6.07, 6.45) is 0.788. The molecule has 0 unspecified atom stereocenters. The second-order valence-electron chi connectivity index (χ2n) is 3.62. The summed E-state index contributed by atoms with van der Waals surface area (Å²) in [6.45, 7) is 0.569. The Kier molecular flexibility index (Phi) is 1.86. The predicted octanol–water partition coefficient (Wildman–Crippen LogP) is 2.00. The number of hydrogen-bond acceptors (Lipinski definition) is 4. The van der Waals surface area contributed by atoms with Crippen LogP contribution in [0.5, 0.6) is 5.75 Å². The zero-order valence-corrected chi connectivity index (χ0v) is 8.37. The third-order valence-corrected chi connectivity index (χ3v) is 2.59. The summed E-state index contributed by atoms with van der Waals surface area (Å²) >= 11 is 0. The Morgan fingerprint density at radius 3 is 3.00 bits per heavy atom. The lowest BCUT2D eigenvalue weighted by molar-refractivity contribution is 0.356. The second kappa shape index (κ2) is 3.23. The van der Waals surface area contributed by atoms with Crippen molar-refractivity contribution >= 4 is 5.88 Å². The van der Waals surface area contributed by atoms with E-state index in [1.165, 1.54) is 12.1 Å². The van der Waals surface area contributed by atoms with E-state index in [1.807, 2.05) is 0 Å². The van der Waals surface area contributed by atoms with Crippen LogP contribution in [0.2, 0.25) is 0 Å². The Bertz CT molecular complexity index is 551. The molecule has 0 saturated heterocycles. The monoisotopic (exact) mass is 220 g/mol. The van der Waals surface area contributed by atoms with Crippen molar-refractivity contribution < 1.29 is 13.7 Å². The lowest BCUT2D eigenvalue weighted by Crippen LogP contribution is -1.91. The number of rotatable bonds is 1. The van der Waals surface area contributed by atoms with Gasteiger partial charge in [0.1, 0.15) is 17.3 Å². The van der Waals surface area contributed by atoms with Crippen molar-refractivity contribution in [3.8, 4) is 17.0 Å². The number of halogens is 1. The summed E-state index contributed by atoms with van der Waals surface area (Å²) in [7, 11) is 0. The zero-order chi connectivity index (χ0) is 11.1. The molecule has 4 nitrogen and oxygen atoms in total. The van der Waals surface area contributed by atoms with Crippen LogP contribution in [-0.2, 0) is 6.42 Å². The number of nitrogens with two attached hydrogens (primary N) is 1. The van der Waals surface area contributed by atoms with E-state index in [2.05, 4.69) is 5.16 Å². The van der Waals surface area contributed by atoms with Crippen molar-refractivity contribution in [3.63, 3.8) is 0 Å². The van der Waals surface area contributed by atoms with Crippen LogP contribution in [0.3, 0.4) is 0 Å². The molecule has 0 spiro atoms. The summed E-state index contributed by atoms with van der Waals surface area (Å²) in [5.41, 5.74) is 7.10. The Labute approximate surface area is 90.8 Å². The molecule has 2 aromatic rings. The minimum atomic E-state index is -0.381. The summed E-state index contributed by atoms with van der Waals surface area (Å²) in [6, 6.07) is 4.62. The van der Waals surface area contributed by atoms with Crippen LogP contribution in [0, 0.1) is 5.82 Å². The van der Waals surface area contributed by atoms with Crippen LogP contribution in [0.15, 0.2) is 22.7 Å². The van der Waals surface area contributed by atoms with Gasteiger partial charge in [0.25, 0.3) is 0 Å². The maximum Gasteiger partial charge on any atom is 0.222 e. The molecule has 0 fully saturated rings. The highest BCUT2D eigenvalue weighted by atomic mass is 19.1. The number of benzene rings is 1. The first-order valence-corrected chi connectivity index (χ1v) is 4.92. The van der Waals surface area contributed by atoms with Crippen molar-refractivity contribution in [2.24, 2.45) is 0 Å². The number of hydrogen-bond donors (Lipinski definition) is 1. The van der Waals surface area contributed by atoms with Crippen LogP contribution in [0.1, 0.15) is 5.56 Å². The smallest absolute Gasteiger partial charge is 0.222 e. The van der Waals surface area contributed by atoms with Crippen LogP contribution >= 0.6 is 0 Å². The molecular formula is C11H9FN2O2. The van der Waals surface area contributed by atoms with Crippen LogP contribution < -0.4 is 10.5 Å². The van der Waals surface area contributed by atoms with E-state index >= 15 is 0 Å². The highest BCUT2D eigenvalue weighted by Gasteiger charge is 2.23. The van der Waals surface area contributed by atoms with Gasteiger partial charge in [0.15, 0.2) is 0 Å². The fourth-order valence-corrected chi connectivity index (χ4v) is 1.87. The fraction of sp³-hybridized carbons (Fsp3) is 0.182. The van der Waals surface area contributed by atoms with E-state index in [-0.39, 0.29) is 11.7 Å². The van der Waals surface area contributed by atoms with Crippen molar-refractivity contribution in [2.75, 3.05) is 12.3 Å². The minimum absolute atomic E-state index is 0.157. The van der Waals surface area contributed by atoms with Gasteiger partial charge in [-0.05, 0) is 11.6 Å². The average Bonchev–Trinajstić information content (AvgIpc) is 2.86. The van der Waals surface area contributed by atoms with Gasteiger partial charge in [-0.1, -0.05) is 11.2 Å². The van der Waals surface area contributed by atoms with Gasteiger partial charge in [-0.25, -0.2) is 4.39 Å². The maximum absolute atomic E-state index is 13.7. The van der Waals surface area contributed by atoms with Crippen LogP contribution in [0.4, 0.5) is 10.3 Å². The molecule has 0 bridgehead atoms. The molecule has 0 atom stereocenters. The molecule has 1 aromatic carbocycles. The largest absolute Gasteiger partial charge is 0.492 e. The molecule has 1 aliphatic heterocycles. The molecule has 0 aliphatic carbocycles. The molecular weight excluding hydrogens is 211 g/mol. The lowest BCUT2D eigenvalue weighted by Gasteiger charge is -2.05. The van der Waals surface area contributed by atoms with Gasteiger partial charge in [-0.3, -0.25) is 0 Å². The van der Waals surface area contributed by atoms with Gasteiger partial charge in [-0.15, -0.1) is 0 Å². The number of aromatic nitrogens is 1. The van der Waals surface area contributed by atoms with Gasteiger partial charge in [-0.2, -0.15) is 0 Å². The van der Waals surface area contributed by atoms with Crippen molar-refractivity contribution in [1.29, 1.82) is 0 Å². The molecule has 2 N–H and O–H groups in total.